The molecule has 1 heterocycles. The van der Waals surface area contributed by atoms with Crippen LogP contribution in [0.25, 0.3) is 11.6 Å². The number of aliphatic carboxylic acids is 1. The summed E-state index contributed by atoms with van der Waals surface area (Å²) in [6.45, 7) is 0. The molecule has 0 radical (unpaired) electrons. The molecule has 0 bridgehead atoms. The van der Waals surface area contributed by atoms with Crippen LogP contribution in [0.2, 0.25) is 10.0 Å². The molecule has 0 amide bonds. The standard InChI is InChI=1S/C13H8Cl2O2S/c14-10-4-1-3-8(12(10)15)7-9(13(16)17)11-5-2-6-18-11/h1-7H,(H,16,17)/p-1/b9-7-. The van der Waals surface area contributed by atoms with Gasteiger partial charge in [-0.3, -0.25) is 0 Å². The Bertz CT molecular complexity index is 603. The topological polar surface area (TPSA) is 40.1 Å². The predicted molar refractivity (Wildman–Crippen MR) is 73.7 cm³/mol. The molecule has 0 spiro atoms. The van der Waals surface area contributed by atoms with E-state index in [1.165, 1.54) is 17.4 Å². The van der Waals surface area contributed by atoms with Gasteiger partial charge in [0.25, 0.3) is 0 Å². The minimum atomic E-state index is -1.24. The number of carboxylic acid groups (broad SMARTS) is 1. The van der Waals surface area contributed by atoms with Crippen LogP contribution in [0.4, 0.5) is 0 Å². The summed E-state index contributed by atoms with van der Waals surface area (Å²) in [7, 11) is 0. The van der Waals surface area contributed by atoms with Gasteiger partial charge in [0, 0.05) is 10.5 Å². The molecule has 0 fully saturated rings. The highest BCUT2D eigenvalue weighted by atomic mass is 35.5. The van der Waals surface area contributed by atoms with Gasteiger partial charge in [-0.2, -0.15) is 0 Å². The maximum absolute atomic E-state index is 11.1. The van der Waals surface area contributed by atoms with Crippen LogP contribution in [-0.2, 0) is 4.79 Å². The summed E-state index contributed by atoms with van der Waals surface area (Å²) in [5, 5.41) is 13.7. The van der Waals surface area contributed by atoms with Gasteiger partial charge in [0.1, 0.15) is 0 Å². The minimum absolute atomic E-state index is 0.0918. The molecule has 2 rings (SSSR count). The van der Waals surface area contributed by atoms with Crippen molar-refractivity contribution < 1.29 is 9.90 Å². The molecule has 0 aliphatic rings. The number of hydrogen-bond acceptors (Lipinski definition) is 3. The molecular formula is C13H7Cl2O2S-. The number of halogens is 2. The van der Waals surface area contributed by atoms with Crippen LogP contribution in [-0.4, -0.2) is 5.97 Å². The highest BCUT2D eigenvalue weighted by Gasteiger charge is 2.07. The predicted octanol–water partition coefficient (Wildman–Crippen LogP) is 3.35. The van der Waals surface area contributed by atoms with E-state index in [4.69, 9.17) is 23.2 Å². The second-order valence-electron chi connectivity index (χ2n) is 3.47. The molecule has 1 aromatic carbocycles. The van der Waals surface area contributed by atoms with Crippen molar-refractivity contribution in [3.05, 3.63) is 56.2 Å². The summed E-state index contributed by atoms with van der Waals surface area (Å²) in [5.74, 6) is -1.24. The lowest BCUT2D eigenvalue weighted by Crippen LogP contribution is -2.23. The van der Waals surface area contributed by atoms with E-state index in [1.807, 2.05) is 0 Å². The van der Waals surface area contributed by atoms with Crippen LogP contribution in [0.15, 0.2) is 35.7 Å². The summed E-state index contributed by atoms with van der Waals surface area (Å²) in [4.78, 5) is 11.8. The first-order valence-electron chi connectivity index (χ1n) is 5.00. The number of thiophene rings is 1. The average molecular weight is 298 g/mol. The Balaban J connectivity index is 2.52. The van der Waals surface area contributed by atoms with E-state index in [0.717, 1.165) is 0 Å². The molecule has 0 aliphatic carbocycles. The van der Waals surface area contributed by atoms with Gasteiger partial charge in [0.2, 0.25) is 0 Å². The molecule has 0 saturated carbocycles. The van der Waals surface area contributed by atoms with Crippen LogP contribution in [0, 0.1) is 0 Å². The second kappa shape index (κ2) is 5.57. The normalized spacial score (nSPS) is 11.6. The van der Waals surface area contributed by atoms with Crippen LogP contribution in [0.1, 0.15) is 10.4 Å². The fourth-order valence-electron chi connectivity index (χ4n) is 1.45. The lowest BCUT2D eigenvalue weighted by molar-refractivity contribution is -0.295. The zero-order chi connectivity index (χ0) is 13.1. The molecule has 1 aromatic heterocycles. The van der Waals surface area contributed by atoms with Crippen molar-refractivity contribution in [2.24, 2.45) is 0 Å². The monoisotopic (exact) mass is 297 g/mol. The van der Waals surface area contributed by atoms with E-state index >= 15 is 0 Å². The van der Waals surface area contributed by atoms with E-state index in [-0.39, 0.29) is 5.57 Å². The van der Waals surface area contributed by atoms with Crippen LogP contribution >= 0.6 is 34.5 Å². The zero-order valence-electron chi connectivity index (χ0n) is 9.02. The average Bonchev–Trinajstić information content (AvgIpc) is 2.84. The molecule has 0 atom stereocenters. The highest BCUT2D eigenvalue weighted by molar-refractivity contribution is 7.11. The lowest BCUT2D eigenvalue weighted by atomic mass is 10.1. The Morgan fingerprint density at radius 2 is 2.00 bits per heavy atom. The summed E-state index contributed by atoms with van der Waals surface area (Å²) >= 11 is 13.2. The van der Waals surface area contributed by atoms with Gasteiger partial charge in [-0.1, -0.05) is 41.4 Å². The quantitative estimate of drug-likeness (QED) is 0.815. The third-order valence-electron chi connectivity index (χ3n) is 2.29. The third kappa shape index (κ3) is 2.75. The first-order chi connectivity index (χ1) is 8.59. The molecular weight excluding hydrogens is 291 g/mol. The number of rotatable bonds is 3. The first kappa shape index (κ1) is 13.1. The fraction of sp³-hybridized carbons (Fsp3) is 0. The molecule has 0 aliphatic heterocycles. The number of benzene rings is 1. The van der Waals surface area contributed by atoms with E-state index in [9.17, 15) is 9.90 Å². The van der Waals surface area contributed by atoms with Crippen molar-refractivity contribution in [1.82, 2.24) is 0 Å². The Labute approximate surface area is 118 Å². The van der Waals surface area contributed by atoms with Gasteiger partial charge < -0.3 is 9.90 Å². The van der Waals surface area contributed by atoms with Crippen molar-refractivity contribution >= 4 is 52.2 Å². The number of carbonyl (C=O) groups excluding carboxylic acids is 1. The Hall–Kier alpha value is -1.29. The Morgan fingerprint density at radius 3 is 2.61 bits per heavy atom. The van der Waals surface area contributed by atoms with E-state index < -0.39 is 5.97 Å². The zero-order valence-corrected chi connectivity index (χ0v) is 11.4. The highest BCUT2D eigenvalue weighted by Crippen LogP contribution is 2.29. The van der Waals surface area contributed by atoms with Crippen LogP contribution in [0.3, 0.4) is 0 Å². The smallest absolute Gasteiger partial charge is 0.0729 e. The van der Waals surface area contributed by atoms with Gasteiger partial charge in [-0.05, 0) is 29.2 Å². The first-order valence-corrected chi connectivity index (χ1v) is 6.64. The van der Waals surface area contributed by atoms with Crippen molar-refractivity contribution in [3.8, 4) is 0 Å². The van der Waals surface area contributed by atoms with E-state index in [1.54, 1.807) is 35.7 Å². The lowest BCUT2D eigenvalue weighted by Gasteiger charge is -2.08. The van der Waals surface area contributed by atoms with Gasteiger partial charge in [-0.15, -0.1) is 11.3 Å². The molecule has 18 heavy (non-hydrogen) atoms. The molecule has 0 N–H and O–H groups in total. The van der Waals surface area contributed by atoms with Crippen LogP contribution < -0.4 is 5.11 Å². The maximum atomic E-state index is 11.1. The number of hydrogen-bond donors (Lipinski definition) is 0. The van der Waals surface area contributed by atoms with Crippen molar-refractivity contribution in [1.29, 1.82) is 0 Å². The molecule has 5 heteroatoms. The molecule has 2 aromatic rings. The molecule has 2 nitrogen and oxygen atoms in total. The largest absolute Gasteiger partial charge is 0.545 e. The van der Waals surface area contributed by atoms with Gasteiger partial charge in [0.05, 0.1) is 16.0 Å². The summed E-state index contributed by atoms with van der Waals surface area (Å²) < 4.78 is 0. The number of carboxylic acids is 1. The SMILES string of the molecule is O=C([O-])/C(=C\c1cccc(Cl)c1Cl)c1cccs1. The second-order valence-corrected chi connectivity index (χ2v) is 5.20. The maximum Gasteiger partial charge on any atom is 0.0729 e. The number of carbonyl (C=O) groups is 1. The van der Waals surface area contributed by atoms with Gasteiger partial charge in [0.15, 0.2) is 0 Å². The van der Waals surface area contributed by atoms with Crippen molar-refractivity contribution in [2.45, 2.75) is 0 Å². The van der Waals surface area contributed by atoms with Gasteiger partial charge in [-0.25, -0.2) is 0 Å². The fourth-order valence-corrected chi connectivity index (χ4v) is 2.54. The molecule has 92 valence electrons. The Morgan fingerprint density at radius 1 is 1.22 bits per heavy atom. The van der Waals surface area contributed by atoms with Crippen LogP contribution in [0.5, 0.6) is 0 Å². The molecule has 0 unspecified atom stereocenters. The summed E-state index contributed by atoms with van der Waals surface area (Å²) in [5.41, 5.74) is 0.644. The minimum Gasteiger partial charge on any atom is -0.545 e. The summed E-state index contributed by atoms with van der Waals surface area (Å²) in [6.07, 6.45) is 1.47. The third-order valence-corrected chi connectivity index (χ3v) is 4.02. The summed E-state index contributed by atoms with van der Waals surface area (Å²) in [6, 6.07) is 8.54. The Kier molecular flexibility index (Phi) is 4.07. The van der Waals surface area contributed by atoms with E-state index in [2.05, 4.69) is 0 Å². The van der Waals surface area contributed by atoms with Gasteiger partial charge >= 0.3 is 0 Å². The van der Waals surface area contributed by atoms with E-state index in [0.29, 0.717) is 20.5 Å². The molecule has 0 saturated heterocycles. The van der Waals surface area contributed by atoms with Crippen molar-refractivity contribution in [2.75, 3.05) is 0 Å². The van der Waals surface area contributed by atoms with Crippen molar-refractivity contribution in [3.63, 3.8) is 0 Å².